The predicted molar refractivity (Wildman–Crippen MR) is 110 cm³/mol. The highest BCUT2D eigenvalue weighted by atomic mass is 16.2. The van der Waals surface area contributed by atoms with Crippen LogP contribution in [0.5, 0.6) is 0 Å². The van der Waals surface area contributed by atoms with Crippen molar-refractivity contribution in [3.05, 3.63) is 23.9 Å². The lowest BCUT2D eigenvalue weighted by Gasteiger charge is -2.43. The molecule has 3 rings (SSSR count). The first-order valence-electron chi connectivity index (χ1n) is 10.7. The molecule has 28 heavy (non-hydrogen) atoms. The molecule has 1 aromatic heterocycles. The molecular formula is C22H34N4O2. The number of carbonyl (C=O) groups excluding carboxylic acids is 2. The van der Waals surface area contributed by atoms with Crippen molar-refractivity contribution in [2.24, 2.45) is 35.3 Å². The van der Waals surface area contributed by atoms with Crippen LogP contribution < -0.4 is 16.8 Å². The summed E-state index contributed by atoms with van der Waals surface area (Å²) in [6, 6.07) is 3.57. The molecule has 0 saturated heterocycles. The summed E-state index contributed by atoms with van der Waals surface area (Å²) in [6.07, 6.45) is 11.4. The van der Waals surface area contributed by atoms with Crippen molar-refractivity contribution >= 4 is 17.6 Å². The number of hydrogen-bond donors (Lipinski definition) is 3. The van der Waals surface area contributed by atoms with Gasteiger partial charge in [-0.3, -0.25) is 9.59 Å². The Morgan fingerprint density at radius 2 is 1.93 bits per heavy atom. The van der Waals surface area contributed by atoms with Crippen LogP contribution in [0.4, 0.5) is 5.82 Å². The Morgan fingerprint density at radius 1 is 1.18 bits per heavy atom. The lowest BCUT2D eigenvalue weighted by atomic mass is 9.63. The fraction of sp³-hybridized carbons (Fsp3) is 0.682. The standard InChI is InChI=1S/C22H34N4O2/c1-14(21(24)27)19(22(28)26-13-15-9-10-20(23)25-12-15)11-17-7-4-6-16-5-2-3-8-18(16)17/h9-10,12,14,16-19H,2-8,11,13H2,1H3,(H2,23,25)(H2,24,27)(H,26,28)/t14?,16?,17?,18?,19-/m0/s1. The Balaban J connectivity index is 1.66. The summed E-state index contributed by atoms with van der Waals surface area (Å²) < 4.78 is 0. The summed E-state index contributed by atoms with van der Waals surface area (Å²) in [6.45, 7) is 2.17. The SMILES string of the molecule is CC(C(N)=O)[C@H](CC1CCCC2CCCCC21)C(=O)NCc1ccc(N)nc1. The summed E-state index contributed by atoms with van der Waals surface area (Å²) in [5, 5.41) is 2.99. The van der Waals surface area contributed by atoms with Gasteiger partial charge in [-0.05, 0) is 42.2 Å². The molecule has 2 fully saturated rings. The summed E-state index contributed by atoms with van der Waals surface area (Å²) in [4.78, 5) is 29.0. The molecule has 154 valence electrons. The molecule has 4 unspecified atom stereocenters. The van der Waals surface area contributed by atoms with Gasteiger partial charge in [0.25, 0.3) is 0 Å². The Morgan fingerprint density at radius 3 is 2.64 bits per heavy atom. The summed E-state index contributed by atoms with van der Waals surface area (Å²) in [7, 11) is 0. The maximum Gasteiger partial charge on any atom is 0.224 e. The highest BCUT2D eigenvalue weighted by Gasteiger charge is 2.39. The van der Waals surface area contributed by atoms with Crippen molar-refractivity contribution in [1.82, 2.24) is 10.3 Å². The van der Waals surface area contributed by atoms with Crippen LogP contribution in [0.1, 0.15) is 63.9 Å². The normalized spacial score (nSPS) is 26.7. The van der Waals surface area contributed by atoms with E-state index in [-0.39, 0.29) is 11.8 Å². The number of fused-ring (bicyclic) bond motifs is 1. The molecule has 1 heterocycles. The van der Waals surface area contributed by atoms with Gasteiger partial charge in [0, 0.05) is 24.6 Å². The van der Waals surface area contributed by atoms with E-state index in [1.54, 1.807) is 19.2 Å². The first-order valence-corrected chi connectivity index (χ1v) is 10.7. The molecule has 5 N–H and O–H groups in total. The highest BCUT2D eigenvalue weighted by molar-refractivity contribution is 5.86. The molecule has 6 heteroatoms. The number of rotatable bonds is 7. The number of pyridine rings is 1. The number of hydrogen-bond acceptors (Lipinski definition) is 4. The molecule has 0 aliphatic heterocycles. The van der Waals surface area contributed by atoms with Crippen LogP contribution in [0.3, 0.4) is 0 Å². The quantitative estimate of drug-likeness (QED) is 0.669. The van der Waals surface area contributed by atoms with Crippen molar-refractivity contribution in [3.63, 3.8) is 0 Å². The van der Waals surface area contributed by atoms with E-state index in [2.05, 4.69) is 10.3 Å². The van der Waals surface area contributed by atoms with E-state index in [0.717, 1.165) is 24.3 Å². The first kappa shape index (κ1) is 20.6. The van der Waals surface area contributed by atoms with Gasteiger partial charge in [0.15, 0.2) is 0 Å². The topological polar surface area (TPSA) is 111 Å². The van der Waals surface area contributed by atoms with Crippen LogP contribution in [0.25, 0.3) is 0 Å². The monoisotopic (exact) mass is 386 g/mol. The Labute approximate surface area is 167 Å². The molecule has 5 atom stereocenters. The van der Waals surface area contributed by atoms with Gasteiger partial charge in [0.2, 0.25) is 11.8 Å². The lowest BCUT2D eigenvalue weighted by Crippen LogP contribution is -2.42. The molecule has 1 aromatic rings. The van der Waals surface area contributed by atoms with Crippen molar-refractivity contribution in [3.8, 4) is 0 Å². The number of primary amides is 1. The molecule has 2 amide bonds. The second kappa shape index (κ2) is 9.39. The third-order valence-electron chi connectivity index (χ3n) is 6.98. The van der Waals surface area contributed by atoms with Crippen LogP contribution in [-0.2, 0) is 16.1 Å². The molecule has 2 aliphatic rings. The highest BCUT2D eigenvalue weighted by Crippen LogP contribution is 2.46. The number of nitrogens with two attached hydrogens (primary N) is 2. The molecule has 2 saturated carbocycles. The van der Waals surface area contributed by atoms with Crippen molar-refractivity contribution < 1.29 is 9.59 Å². The van der Waals surface area contributed by atoms with Gasteiger partial charge >= 0.3 is 0 Å². The van der Waals surface area contributed by atoms with E-state index in [1.807, 2.05) is 6.07 Å². The average Bonchev–Trinajstić information content (AvgIpc) is 2.71. The van der Waals surface area contributed by atoms with E-state index in [9.17, 15) is 9.59 Å². The average molecular weight is 387 g/mol. The molecule has 0 aromatic carbocycles. The van der Waals surface area contributed by atoms with E-state index >= 15 is 0 Å². The molecule has 0 bridgehead atoms. The van der Waals surface area contributed by atoms with Crippen LogP contribution >= 0.6 is 0 Å². The molecular weight excluding hydrogens is 352 g/mol. The van der Waals surface area contributed by atoms with Gasteiger partial charge in [0.05, 0.1) is 0 Å². The second-order valence-corrected chi connectivity index (χ2v) is 8.74. The minimum absolute atomic E-state index is 0.0824. The van der Waals surface area contributed by atoms with Gasteiger partial charge in [-0.25, -0.2) is 4.98 Å². The minimum atomic E-state index is -0.464. The van der Waals surface area contributed by atoms with E-state index < -0.39 is 11.8 Å². The molecule has 6 nitrogen and oxygen atoms in total. The predicted octanol–water partition coefficient (Wildman–Crippen LogP) is 3.01. The number of amides is 2. The Bertz CT molecular complexity index is 674. The smallest absolute Gasteiger partial charge is 0.224 e. The van der Waals surface area contributed by atoms with Crippen molar-refractivity contribution in [1.29, 1.82) is 0 Å². The van der Waals surface area contributed by atoms with Crippen LogP contribution in [0.15, 0.2) is 18.3 Å². The van der Waals surface area contributed by atoms with Crippen molar-refractivity contribution in [2.45, 2.75) is 64.8 Å². The fourth-order valence-corrected chi connectivity index (χ4v) is 5.29. The van der Waals surface area contributed by atoms with Crippen LogP contribution in [0, 0.1) is 29.6 Å². The van der Waals surface area contributed by atoms with Gasteiger partial charge in [-0.1, -0.05) is 51.5 Å². The molecule has 0 spiro atoms. The maximum absolute atomic E-state index is 13.0. The second-order valence-electron chi connectivity index (χ2n) is 8.74. The summed E-state index contributed by atoms with van der Waals surface area (Å²) in [5.74, 6) is 1.18. The zero-order valence-electron chi connectivity index (χ0n) is 16.9. The van der Waals surface area contributed by atoms with E-state index in [0.29, 0.717) is 24.2 Å². The molecule has 0 radical (unpaired) electrons. The number of nitrogens with zero attached hydrogens (tertiary/aromatic N) is 1. The van der Waals surface area contributed by atoms with Crippen LogP contribution in [-0.4, -0.2) is 16.8 Å². The zero-order chi connectivity index (χ0) is 20.1. The third kappa shape index (κ3) is 5.03. The largest absolute Gasteiger partial charge is 0.384 e. The minimum Gasteiger partial charge on any atom is -0.384 e. The summed E-state index contributed by atoms with van der Waals surface area (Å²) >= 11 is 0. The van der Waals surface area contributed by atoms with Gasteiger partial charge in [-0.15, -0.1) is 0 Å². The Hall–Kier alpha value is -2.11. The van der Waals surface area contributed by atoms with Gasteiger partial charge in [-0.2, -0.15) is 0 Å². The number of aromatic nitrogens is 1. The third-order valence-corrected chi connectivity index (χ3v) is 6.98. The molecule has 2 aliphatic carbocycles. The van der Waals surface area contributed by atoms with Crippen LogP contribution in [0.2, 0.25) is 0 Å². The van der Waals surface area contributed by atoms with Gasteiger partial charge < -0.3 is 16.8 Å². The Kier molecular flexibility index (Phi) is 6.92. The number of nitrogen functional groups attached to an aromatic ring is 1. The summed E-state index contributed by atoms with van der Waals surface area (Å²) in [5.41, 5.74) is 12.1. The number of nitrogens with one attached hydrogen (secondary N) is 1. The van der Waals surface area contributed by atoms with Crippen molar-refractivity contribution in [2.75, 3.05) is 5.73 Å². The number of anilines is 1. The fourth-order valence-electron chi connectivity index (χ4n) is 5.29. The van der Waals surface area contributed by atoms with E-state index in [4.69, 9.17) is 11.5 Å². The lowest BCUT2D eigenvalue weighted by molar-refractivity contribution is -0.134. The van der Waals surface area contributed by atoms with E-state index in [1.165, 1.54) is 38.5 Å². The maximum atomic E-state index is 13.0. The first-order chi connectivity index (χ1) is 13.5. The van der Waals surface area contributed by atoms with Gasteiger partial charge in [0.1, 0.15) is 5.82 Å². The number of carbonyl (C=O) groups is 2. The zero-order valence-corrected chi connectivity index (χ0v) is 16.9.